The average molecular weight is 460 g/mol. The first-order chi connectivity index (χ1) is 15.6. The zero-order chi connectivity index (χ0) is 24.7. The molecule has 2 heterocycles. The Kier molecular flexibility index (Phi) is 12.5. The molecule has 182 valence electrons. The Hall–Kier alpha value is -3.16. The smallest absolute Gasteiger partial charge is 0.417 e. The predicted octanol–water partition coefficient (Wildman–Crippen LogP) is 5.16. The maximum atomic E-state index is 11.5. The molecule has 2 amide bonds. The van der Waals surface area contributed by atoms with E-state index < -0.39 is 11.7 Å². The monoisotopic (exact) mass is 459 g/mol. The van der Waals surface area contributed by atoms with Crippen LogP contribution in [-0.2, 0) is 19.1 Å². The third-order valence-electron chi connectivity index (χ3n) is 4.27. The van der Waals surface area contributed by atoms with Gasteiger partial charge in [0, 0.05) is 32.3 Å². The quantitative estimate of drug-likeness (QED) is 0.464. The Morgan fingerprint density at radius 2 is 1.79 bits per heavy atom. The van der Waals surface area contributed by atoms with Crippen molar-refractivity contribution in [2.45, 2.75) is 72.3 Å². The van der Waals surface area contributed by atoms with Gasteiger partial charge in [0.1, 0.15) is 5.60 Å². The van der Waals surface area contributed by atoms with Crippen molar-refractivity contribution in [3.63, 3.8) is 0 Å². The van der Waals surface area contributed by atoms with E-state index in [1.54, 1.807) is 27.0 Å². The topological polar surface area (TPSA) is 90.7 Å². The van der Waals surface area contributed by atoms with Gasteiger partial charge in [0.25, 0.3) is 0 Å². The number of aromatic nitrogens is 2. The summed E-state index contributed by atoms with van der Waals surface area (Å²) >= 11 is 0. The number of nitrogens with zero attached hydrogens (tertiary/aromatic N) is 3. The number of ether oxygens (including phenoxy) is 2. The number of carbonyl (C=O) groups is 3. The largest absolute Gasteiger partial charge is 0.466 e. The van der Waals surface area contributed by atoms with Crippen LogP contribution in [0.4, 0.5) is 4.79 Å². The van der Waals surface area contributed by atoms with Gasteiger partial charge in [-0.3, -0.25) is 9.59 Å². The lowest BCUT2D eigenvalue weighted by Crippen LogP contribution is -2.43. The summed E-state index contributed by atoms with van der Waals surface area (Å²) in [6.07, 6.45) is 7.44. The standard InChI is InChI=1S/C10H17NO3.C9H8N2.C6H12O2/c1-10(2,3)14-9(13)11-7-5-4-6-8(11)12;1-2-5-9(6-3-1)11-8-4-7-10-11;1-3-4-5-8-6(2)7/h4-7H2,1-3H3;1-8H;3-5H2,1-2H3. The van der Waals surface area contributed by atoms with E-state index in [4.69, 9.17) is 4.74 Å². The van der Waals surface area contributed by atoms with Crippen LogP contribution >= 0.6 is 0 Å². The molecule has 0 atom stereocenters. The van der Waals surface area contributed by atoms with Crippen LogP contribution in [0.2, 0.25) is 0 Å². The second-order valence-electron chi connectivity index (χ2n) is 8.46. The van der Waals surface area contributed by atoms with Gasteiger partial charge in [-0.15, -0.1) is 0 Å². The Bertz CT molecular complexity index is 829. The summed E-state index contributed by atoms with van der Waals surface area (Å²) in [4.78, 5) is 34.2. The third-order valence-corrected chi connectivity index (χ3v) is 4.27. The molecule has 1 aromatic heterocycles. The van der Waals surface area contributed by atoms with Gasteiger partial charge in [-0.05, 0) is 58.2 Å². The molecule has 0 spiro atoms. The number of imide groups is 1. The predicted molar refractivity (Wildman–Crippen MR) is 127 cm³/mol. The summed E-state index contributed by atoms with van der Waals surface area (Å²) in [5.74, 6) is -0.302. The maximum Gasteiger partial charge on any atom is 0.417 e. The van der Waals surface area contributed by atoms with Crippen molar-refractivity contribution in [1.82, 2.24) is 14.7 Å². The van der Waals surface area contributed by atoms with Gasteiger partial charge in [0.15, 0.2) is 0 Å². The molecule has 0 saturated carbocycles. The second-order valence-corrected chi connectivity index (χ2v) is 8.46. The van der Waals surface area contributed by atoms with Gasteiger partial charge in [-0.1, -0.05) is 31.5 Å². The van der Waals surface area contributed by atoms with Crippen LogP contribution in [0.3, 0.4) is 0 Å². The molecule has 1 fully saturated rings. The first-order valence-electron chi connectivity index (χ1n) is 11.4. The summed E-state index contributed by atoms with van der Waals surface area (Å²) in [6.45, 7) is 9.93. The first kappa shape index (κ1) is 27.9. The molecule has 0 bridgehead atoms. The van der Waals surface area contributed by atoms with Crippen LogP contribution in [0.25, 0.3) is 5.69 Å². The van der Waals surface area contributed by atoms with Crippen LogP contribution in [0.5, 0.6) is 0 Å². The molecule has 1 aliphatic rings. The van der Waals surface area contributed by atoms with Crippen LogP contribution < -0.4 is 0 Å². The molecule has 2 aromatic rings. The number of piperidine rings is 1. The average Bonchev–Trinajstić information content (AvgIpc) is 3.29. The highest BCUT2D eigenvalue weighted by Gasteiger charge is 2.28. The highest BCUT2D eigenvalue weighted by molar-refractivity contribution is 5.92. The van der Waals surface area contributed by atoms with E-state index in [0.717, 1.165) is 31.4 Å². The lowest BCUT2D eigenvalue weighted by atomic mass is 10.1. The number of amides is 2. The van der Waals surface area contributed by atoms with Crippen molar-refractivity contribution in [3.8, 4) is 5.69 Å². The van der Waals surface area contributed by atoms with E-state index in [1.807, 2.05) is 47.3 Å². The Morgan fingerprint density at radius 1 is 1.09 bits per heavy atom. The lowest BCUT2D eigenvalue weighted by molar-refractivity contribution is -0.141. The fourth-order valence-corrected chi connectivity index (χ4v) is 2.68. The van der Waals surface area contributed by atoms with Crippen molar-refractivity contribution in [1.29, 1.82) is 0 Å². The van der Waals surface area contributed by atoms with E-state index in [1.165, 1.54) is 11.8 Å². The molecule has 1 aliphatic heterocycles. The number of para-hydroxylation sites is 1. The molecule has 3 rings (SSSR count). The number of rotatable bonds is 4. The zero-order valence-electron chi connectivity index (χ0n) is 20.5. The number of esters is 1. The lowest BCUT2D eigenvalue weighted by Gasteiger charge is -2.28. The van der Waals surface area contributed by atoms with Crippen molar-refractivity contribution in [2.75, 3.05) is 13.2 Å². The molecule has 8 nitrogen and oxygen atoms in total. The van der Waals surface area contributed by atoms with Crippen molar-refractivity contribution < 1.29 is 23.9 Å². The second kappa shape index (κ2) is 14.8. The molecule has 33 heavy (non-hydrogen) atoms. The van der Waals surface area contributed by atoms with E-state index in [9.17, 15) is 14.4 Å². The van der Waals surface area contributed by atoms with Crippen molar-refractivity contribution in [2.24, 2.45) is 0 Å². The molecule has 0 radical (unpaired) electrons. The van der Waals surface area contributed by atoms with E-state index in [-0.39, 0.29) is 11.9 Å². The number of hydrogen-bond acceptors (Lipinski definition) is 6. The third kappa shape index (κ3) is 12.5. The molecule has 0 aliphatic carbocycles. The highest BCUT2D eigenvalue weighted by Crippen LogP contribution is 2.15. The van der Waals surface area contributed by atoms with Gasteiger partial charge in [-0.2, -0.15) is 5.10 Å². The summed E-state index contributed by atoms with van der Waals surface area (Å²) in [5.41, 5.74) is 0.562. The van der Waals surface area contributed by atoms with Crippen LogP contribution in [0.1, 0.15) is 66.7 Å². The highest BCUT2D eigenvalue weighted by atomic mass is 16.6. The Labute approximate surface area is 196 Å². The number of likely N-dealkylation sites (tertiary alicyclic amines) is 1. The first-order valence-corrected chi connectivity index (χ1v) is 11.4. The fourth-order valence-electron chi connectivity index (χ4n) is 2.68. The normalized spacial score (nSPS) is 13.1. The minimum atomic E-state index is -0.533. The molecule has 1 aromatic carbocycles. The molecular formula is C25H37N3O5. The Balaban J connectivity index is 0.000000258. The van der Waals surface area contributed by atoms with Gasteiger partial charge in [0.05, 0.1) is 12.3 Å². The fraction of sp³-hybridized carbons (Fsp3) is 0.520. The number of carbonyl (C=O) groups excluding carboxylic acids is 3. The zero-order valence-corrected chi connectivity index (χ0v) is 20.5. The number of benzene rings is 1. The Morgan fingerprint density at radius 3 is 2.30 bits per heavy atom. The van der Waals surface area contributed by atoms with Gasteiger partial charge in [-0.25, -0.2) is 14.4 Å². The van der Waals surface area contributed by atoms with Crippen LogP contribution in [0, 0.1) is 0 Å². The molecule has 0 N–H and O–H groups in total. The number of hydrogen-bond donors (Lipinski definition) is 0. The molecule has 1 saturated heterocycles. The maximum absolute atomic E-state index is 11.5. The minimum Gasteiger partial charge on any atom is -0.466 e. The SMILES string of the molecule is CC(C)(C)OC(=O)N1CCCCC1=O.CCCCOC(C)=O.c1ccc(-n2cccn2)cc1. The van der Waals surface area contributed by atoms with Crippen LogP contribution in [-0.4, -0.2) is 51.4 Å². The van der Waals surface area contributed by atoms with Gasteiger partial charge < -0.3 is 9.47 Å². The summed E-state index contributed by atoms with van der Waals surface area (Å²) in [7, 11) is 0. The molecule has 0 unspecified atom stereocenters. The van der Waals surface area contributed by atoms with Gasteiger partial charge in [0.2, 0.25) is 5.91 Å². The van der Waals surface area contributed by atoms with E-state index in [0.29, 0.717) is 19.6 Å². The van der Waals surface area contributed by atoms with Crippen LogP contribution in [0.15, 0.2) is 48.8 Å². The van der Waals surface area contributed by atoms with Crippen molar-refractivity contribution in [3.05, 3.63) is 48.8 Å². The summed E-state index contributed by atoms with van der Waals surface area (Å²) in [6, 6.07) is 11.9. The molecule has 8 heteroatoms. The minimum absolute atomic E-state index is 0.120. The summed E-state index contributed by atoms with van der Waals surface area (Å²) in [5, 5.41) is 4.10. The van der Waals surface area contributed by atoms with Gasteiger partial charge >= 0.3 is 12.1 Å². The number of unbranched alkanes of at least 4 members (excludes halogenated alkanes) is 1. The summed E-state index contributed by atoms with van der Waals surface area (Å²) < 4.78 is 11.6. The van der Waals surface area contributed by atoms with E-state index >= 15 is 0 Å². The van der Waals surface area contributed by atoms with Crippen molar-refractivity contribution >= 4 is 18.0 Å². The van der Waals surface area contributed by atoms with E-state index in [2.05, 4.69) is 16.8 Å². The molecular weight excluding hydrogens is 422 g/mol.